The van der Waals surface area contributed by atoms with Gasteiger partial charge in [0, 0.05) is 32.3 Å². The van der Waals surface area contributed by atoms with Gasteiger partial charge < -0.3 is 24.6 Å². The number of aliphatic hydroxyl groups excluding tert-OH is 1. The van der Waals surface area contributed by atoms with Crippen LogP contribution in [0.5, 0.6) is 5.75 Å². The van der Waals surface area contributed by atoms with Gasteiger partial charge in [0.15, 0.2) is 0 Å². The van der Waals surface area contributed by atoms with Gasteiger partial charge in [0.2, 0.25) is 10.0 Å². The number of amides is 1. The van der Waals surface area contributed by atoms with Crippen LogP contribution < -0.4 is 0 Å². The van der Waals surface area contributed by atoms with Crippen LogP contribution in [0.4, 0.5) is 0 Å². The SMILES string of the molecule is COCCN1C(=O)C(=O)C(=C(O)c2ccc(S(=O)(=O)N3CCOCC3)cc2)[C@@H]1c1cccc(O)c1. The highest BCUT2D eigenvalue weighted by molar-refractivity contribution is 7.89. The number of morpholine rings is 1. The lowest BCUT2D eigenvalue weighted by Crippen LogP contribution is -2.40. The number of carbonyl (C=O) groups excluding carboxylic acids is 2. The van der Waals surface area contributed by atoms with E-state index in [1.54, 1.807) is 12.1 Å². The predicted octanol–water partition coefficient (Wildman–Crippen LogP) is 1.48. The molecule has 2 saturated heterocycles. The van der Waals surface area contributed by atoms with E-state index < -0.39 is 33.5 Å². The van der Waals surface area contributed by atoms with Gasteiger partial charge in [-0.3, -0.25) is 9.59 Å². The summed E-state index contributed by atoms with van der Waals surface area (Å²) in [7, 11) is -2.27. The van der Waals surface area contributed by atoms with Crippen LogP contribution in [0.15, 0.2) is 59.0 Å². The van der Waals surface area contributed by atoms with E-state index in [1.807, 2.05) is 0 Å². The Balaban J connectivity index is 1.74. The van der Waals surface area contributed by atoms with E-state index in [0.29, 0.717) is 18.8 Å². The van der Waals surface area contributed by atoms with Crippen LogP contribution in [0.25, 0.3) is 5.76 Å². The molecule has 2 aromatic rings. The Morgan fingerprint density at radius 2 is 1.80 bits per heavy atom. The Morgan fingerprint density at radius 3 is 2.43 bits per heavy atom. The van der Waals surface area contributed by atoms with Crippen molar-refractivity contribution in [2.75, 3.05) is 46.6 Å². The molecule has 10 nitrogen and oxygen atoms in total. The van der Waals surface area contributed by atoms with Crippen molar-refractivity contribution in [1.29, 1.82) is 0 Å². The molecule has 0 spiro atoms. The normalized spacial score (nSPS) is 20.9. The Hall–Kier alpha value is -3.25. The van der Waals surface area contributed by atoms with E-state index in [0.717, 1.165) is 0 Å². The second kappa shape index (κ2) is 10.2. The number of ether oxygens (including phenoxy) is 2. The number of nitrogens with zero attached hydrogens (tertiary/aromatic N) is 2. The molecule has 2 N–H and O–H groups in total. The minimum Gasteiger partial charge on any atom is -0.508 e. The van der Waals surface area contributed by atoms with Gasteiger partial charge in [0.25, 0.3) is 11.7 Å². The number of aliphatic hydroxyl groups is 1. The van der Waals surface area contributed by atoms with Crippen LogP contribution in [0.1, 0.15) is 17.2 Å². The van der Waals surface area contributed by atoms with Crippen LogP contribution in [0.3, 0.4) is 0 Å². The molecule has 35 heavy (non-hydrogen) atoms. The van der Waals surface area contributed by atoms with E-state index in [1.165, 1.54) is 52.7 Å². The number of ketones is 1. The lowest BCUT2D eigenvalue weighted by atomic mass is 9.95. The molecule has 0 aromatic heterocycles. The van der Waals surface area contributed by atoms with Crippen LogP contribution in [0.2, 0.25) is 0 Å². The summed E-state index contributed by atoms with van der Waals surface area (Å²) < 4.78 is 37.4. The van der Waals surface area contributed by atoms with Crippen LogP contribution in [0, 0.1) is 0 Å². The molecule has 1 atom stereocenters. The molecule has 2 heterocycles. The number of aromatic hydroxyl groups is 1. The maximum absolute atomic E-state index is 13.0. The molecule has 186 valence electrons. The number of benzene rings is 2. The molecule has 2 aromatic carbocycles. The van der Waals surface area contributed by atoms with Crippen molar-refractivity contribution in [2.24, 2.45) is 0 Å². The Morgan fingerprint density at radius 1 is 1.11 bits per heavy atom. The number of methoxy groups -OCH3 is 1. The lowest BCUT2D eigenvalue weighted by Gasteiger charge is -2.26. The second-order valence-corrected chi connectivity index (χ2v) is 10.1. The molecule has 0 saturated carbocycles. The number of phenols is 1. The first-order chi connectivity index (χ1) is 16.8. The van der Waals surface area contributed by atoms with Crippen LogP contribution in [-0.2, 0) is 29.1 Å². The fraction of sp³-hybridized carbons (Fsp3) is 0.333. The summed E-state index contributed by atoms with van der Waals surface area (Å²) in [6, 6.07) is 10.6. The van der Waals surface area contributed by atoms with E-state index in [9.17, 15) is 28.2 Å². The van der Waals surface area contributed by atoms with Gasteiger partial charge in [-0.1, -0.05) is 12.1 Å². The molecule has 4 rings (SSSR count). The first-order valence-electron chi connectivity index (χ1n) is 11.0. The van der Waals surface area contributed by atoms with Crippen molar-refractivity contribution in [3.63, 3.8) is 0 Å². The number of sulfonamides is 1. The molecular weight excluding hydrogens is 476 g/mol. The zero-order valence-corrected chi connectivity index (χ0v) is 19.9. The van der Waals surface area contributed by atoms with E-state index in [2.05, 4.69) is 0 Å². The van der Waals surface area contributed by atoms with Gasteiger partial charge in [-0.25, -0.2) is 8.42 Å². The third-order valence-electron chi connectivity index (χ3n) is 6.00. The molecular formula is C24H26N2O8S. The van der Waals surface area contributed by atoms with E-state index in [-0.39, 0.29) is 48.0 Å². The van der Waals surface area contributed by atoms with Crippen molar-refractivity contribution >= 4 is 27.5 Å². The number of hydrogen-bond donors (Lipinski definition) is 2. The summed E-state index contributed by atoms with van der Waals surface area (Å²) in [5.74, 6) is -2.18. The zero-order chi connectivity index (χ0) is 25.2. The summed E-state index contributed by atoms with van der Waals surface area (Å²) in [6.45, 7) is 1.38. The van der Waals surface area contributed by atoms with Gasteiger partial charge in [-0.05, 0) is 42.0 Å². The number of likely N-dealkylation sites (tertiary alicyclic amines) is 1. The second-order valence-electron chi connectivity index (χ2n) is 8.12. The Kier molecular flexibility index (Phi) is 7.22. The molecule has 0 aliphatic carbocycles. The smallest absolute Gasteiger partial charge is 0.295 e. The molecule has 11 heteroatoms. The molecule has 0 unspecified atom stereocenters. The third-order valence-corrected chi connectivity index (χ3v) is 7.91. The first kappa shape index (κ1) is 24.9. The average Bonchev–Trinajstić information content (AvgIpc) is 3.12. The van der Waals surface area contributed by atoms with Gasteiger partial charge in [0.05, 0.1) is 36.3 Å². The average molecular weight is 503 g/mol. The summed E-state index contributed by atoms with van der Waals surface area (Å²) in [6.07, 6.45) is 0. The van der Waals surface area contributed by atoms with E-state index >= 15 is 0 Å². The molecule has 0 radical (unpaired) electrons. The minimum absolute atomic E-state index is 0.0426. The summed E-state index contributed by atoms with van der Waals surface area (Å²) in [4.78, 5) is 27.1. The highest BCUT2D eigenvalue weighted by atomic mass is 32.2. The monoisotopic (exact) mass is 502 g/mol. The molecule has 2 aliphatic rings. The van der Waals surface area contributed by atoms with Gasteiger partial charge >= 0.3 is 0 Å². The standard InChI is InChI=1S/C24H26N2O8S/c1-33-12-11-26-21(17-3-2-4-18(27)15-17)20(23(29)24(26)30)22(28)16-5-7-19(8-6-16)35(31,32)25-9-13-34-14-10-25/h2-8,15,21,27-28H,9-14H2,1H3/t21-/m0/s1. The largest absolute Gasteiger partial charge is 0.508 e. The maximum Gasteiger partial charge on any atom is 0.295 e. The minimum atomic E-state index is -3.74. The summed E-state index contributed by atoms with van der Waals surface area (Å²) in [5, 5.41) is 21.1. The Labute approximate surface area is 203 Å². The molecule has 2 fully saturated rings. The van der Waals surface area contributed by atoms with Gasteiger partial charge in [-0.15, -0.1) is 0 Å². The molecule has 1 amide bonds. The van der Waals surface area contributed by atoms with Crippen LogP contribution in [-0.4, -0.2) is 86.1 Å². The van der Waals surface area contributed by atoms with Crippen LogP contribution >= 0.6 is 0 Å². The lowest BCUT2D eigenvalue weighted by molar-refractivity contribution is -0.140. The van der Waals surface area contributed by atoms with Crippen molar-refractivity contribution in [3.05, 3.63) is 65.2 Å². The van der Waals surface area contributed by atoms with Crippen molar-refractivity contribution in [2.45, 2.75) is 10.9 Å². The highest BCUT2D eigenvalue weighted by Gasteiger charge is 2.46. The number of rotatable bonds is 7. The quantitative estimate of drug-likeness (QED) is 0.330. The fourth-order valence-corrected chi connectivity index (χ4v) is 5.63. The summed E-state index contributed by atoms with van der Waals surface area (Å²) >= 11 is 0. The Bertz CT molecular complexity index is 1250. The number of hydrogen-bond acceptors (Lipinski definition) is 8. The maximum atomic E-state index is 13.0. The third kappa shape index (κ3) is 4.80. The summed E-state index contributed by atoms with van der Waals surface area (Å²) in [5.41, 5.74) is 0.467. The zero-order valence-electron chi connectivity index (χ0n) is 19.1. The number of phenolic OH excluding ortho intramolecular Hbond substituents is 1. The highest BCUT2D eigenvalue weighted by Crippen LogP contribution is 2.40. The van der Waals surface area contributed by atoms with Gasteiger partial charge in [0.1, 0.15) is 11.5 Å². The van der Waals surface area contributed by atoms with Gasteiger partial charge in [-0.2, -0.15) is 4.31 Å². The predicted molar refractivity (Wildman–Crippen MR) is 125 cm³/mol. The topological polar surface area (TPSA) is 134 Å². The van der Waals surface area contributed by atoms with Crippen molar-refractivity contribution in [1.82, 2.24) is 9.21 Å². The van der Waals surface area contributed by atoms with Crippen molar-refractivity contribution < 1.29 is 37.7 Å². The molecule has 2 aliphatic heterocycles. The fourth-order valence-electron chi connectivity index (χ4n) is 4.22. The van der Waals surface area contributed by atoms with Crippen molar-refractivity contribution in [3.8, 4) is 5.75 Å². The van der Waals surface area contributed by atoms with E-state index in [4.69, 9.17) is 9.47 Å². The number of carbonyl (C=O) groups is 2. The number of Topliss-reactive ketones (excluding diaryl/α,β-unsaturated/α-hetero) is 1. The first-order valence-corrected chi connectivity index (χ1v) is 12.4. The molecule has 0 bridgehead atoms.